The molecule has 0 unspecified atom stereocenters. The molecule has 0 spiro atoms. The quantitative estimate of drug-likeness (QED) is 0.588. The van der Waals surface area contributed by atoms with Gasteiger partial charge >= 0.3 is 0 Å². The third-order valence-corrected chi connectivity index (χ3v) is 2.29. The Labute approximate surface area is 87.0 Å². The lowest BCUT2D eigenvalue weighted by Crippen LogP contribution is -1.63. The van der Waals surface area contributed by atoms with E-state index in [1.54, 1.807) is 0 Å². The van der Waals surface area contributed by atoms with E-state index in [0.717, 1.165) is 0 Å². The molecule has 1 rings (SSSR count). The highest BCUT2D eigenvalue weighted by atomic mass is 32.1. The van der Waals surface area contributed by atoms with Crippen molar-refractivity contribution in [2.24, 2.45) is 0 Å². The Morgan fingerprint density at radius 2 is 1.62 bits per heavy atom. The molecule has 0 saturated carbocycles. The smallest absolute Gasteiger partial charge is 0.00453 e. The van der Waals surface area contributed by atoms with Gasteiger partial charge in [0.15, 0.2) is 0 Å². The molecule has 0 N–H and O–H groups in total. The molecule has 1 aromatic rings. The number of hydrogen-bond donors (Lipinski definition) is 0. The van der Waals surface area contributed by atoms with Gasteiger partial charge < -0.3 is 0 Å². The monoisotopic (exact) mass is 196 g/mol. The van der Waals surface area contributed by atoms with Gasteiger partial charge in [-0.2, -0.15) is 0 Å². The van der Waals surface area contributed by atoms with Crippen molar-refractivity contribution in [3.63, 3.8) is 0 Å². The number of aryl methyl sites for hydroxylation is 2. The molecule has 0 atom stereocenters. The minimum Gasteiger partial charge on any atom is -0.146 e. The molecule has 0 amide bonds. The summed E-state index contributed by atoms with van der Waals surface area (Å²) in [7, 11) is 0. The molecule has 0 radical (unpaired) electrons. The summed E-state index contributed by atoms with van der Waals surface area (Å²) < 4.78 is 0. The third-order valence-electron chi connectivity index (χ3n) is 1.14. The first-order valence-corrected chi connectivity index (χ1v) is 5.44. The summed E-state index contributed by atoms with van der Waals surface area (Å²) in [6.07, 6.45) is 10.4. The van der Waals surface area contributed by atoms with Crippen molar-refractivity contribution in [3.8, 4) is 12.8 Å². The van der Waals surface area contributed by atoms with E-state index in [2.05, 4.69) is 52.7 Å². The average Bonchev–Trinajstić information content (AvgIpc) is 2.56. The topological polar surface area (TPSA) is 0 Å². The predicted octanol–water partition coefficient (Wildman–Crippen LogP) is 4.28. The van der Waals surface area contributed by atoms with Crippen molar-refractivity contribution in [1.29, 1.82) is 0 Å². The summed E-state index contributed by atoms with van der Waals surface area (Å²) >= 11 is 1.89. The molecular formula is C12H20S. The largest absolute Gasteiger partial charge is 0.146 e. The first-order valence-electron chi connectivity index (χ1n) is 4.63. The average molecular weight is 196 g/mol. The van der Waals surface area contributed by atoms with Crippen molar-refractivity contribution in [3.05, 3.63) is 21.9 Å². The summed E-state index contributed by atoms with van der Waals surface area (Å²) in [5.74, 6) is 0. The molecule has 13 heavy (non-hydrogen) atoms. The zero-order valence-corrected chi connectivity index (χ0v) is 9.95. The molecule has 0 aliphatic heterocycles. The van der Waals surface area contributed by atoms with Crippen molar-refractivity contribution in [2.75, 3.05) is 0 Å². The first kappa shape index (κ1) is 14.8. The van der Waals surface area contributed by atoms with Crippen LogP contribution < -0.4 is 0 Å². The maximum Gasteiger partial charge on any atom is 0.00453 e. The van der Waals surface area contributed by atoms with Crippen LogP contribution in [0.3, 0.4) is 0 Å². The van der Waals surface area contributed by atoms with Crippen molar-refractivity contribution in [1.82, 2.24) is 0 Å². The minimum atomic E-state index is 1.18. The van der Waals surface area contributed by atoms with Gasteiger partial charge in [0.25, 0.3) is 0 Å². The maximum atomic E-state index is 4.00. The molecule has 0 bridgehead atoms. The second kappa shape index (κ2) is 11.3. The zero-order valence-electron chi connectivity index (χ0n) is 9.13. The zero-order chi connectivity index (χ0) is 10.7. The van der Waals surface area contributed by atoms with Gasteiger partial charge in [-0.15, -0.1) is 24.2 Å². The summed E-state index contributed by atoms with van der Waals surface area (Å²) in [4.78, 5) is 2.91. The van der Waals surface area contributed by atoms with Crippen LogP contribution >= 0.6 is 11.3 Å². The Kier molecular flexibility index (Phi) is 12.8. The molecule has 0 aromatic carbocycles. The van der Waals surface area contributed by atoms with Crippen LogP contribution in [0.5, 0.6) is 0 Å². The van der Waals surface area contributed by atoms with E-state index in [0.29, 0.717) is 0 Å². The Morgan fingerprint density at radius 3 is 1.77 bits per heavy atom. The maximum absolute atomic E-state index is 4.00. The van der Waals surface area contributed by atoms with Crippen LogP contribution in [0.1, 0.15) is 36.9 Å². The first-order chi connectivity index (χ1) is 6.24. The summed E-state index contributed by atoms with van der Waals surface area (Å²) in [6, 6.07) is 4.36. The third kappa shape index (κ3) is 9.17. The van der Waals surface area contributed by atoms with Crippen molar-refractivity contribution >= 4 is 11.3 Å². The normalized spacial score (nSPS) is 7.54. The van der Waals surface area contributed by atoms with Crippen LogP contribution in [-0.4, -0.2) is 0 Å². The lowest BCUT2D eigenvalue weighted by atomic mass is 10.4. The number of terminal acetylenes is 1. The fraction of sp³-hybridized carbons (Fsp3) is 0.500. The Balaban J connectivity index is 0. The van der Waals surface area contributed by atoms with Crippen LogP contribution in [0.15, 0.2) is 12.1 Å². The highest BCUT2D eigenvalue weighted by molar-refractivity contribution is 7.11. The van der Waals surface area contributed by atoms with Crippen LogP contribution in [0.2, 0.25) is 0 Å². The van der Waals surface area contributed by atoms with Gasteiger partial charge in [-0.25, -0.2) is 0 Å². The lowest BCUT2D eigenvalue weighted by Gasteiger charge is -1.80. The van der Waals surface area contributed by atoms with E-state index in [1.165, 1.54) is 22.6 Å². The summed E-state index contributed by atoms with van der Waals surface area (Å²) in [6.45, 7) is 8.58. The molecule has 1 heteroatoms. The Morgan fingerprint density at radius 1 is 1.15 bits per heavy atom. The van der Waals surface area contributed by atoms with E-state index in [9.17, 15) is 0 Å². The molecule has 0 aliphatic carbocycles. The molecule has 74 valence electrons. The number of thiophene rings is 1. The van der Waals surface area contributed by atoms with Gasteiger partial charge in [-0.1, -0.05) is 27.2 Å². The van der Waals surface area contributed by atoms with Crippen LogP contribution in [-0.2, 0) is 6.42 Å². The molecular weight excluding hydrogens is 176 g/mol. The second-order valence-electron chi connectivity index (χ2n) is 2.57. The van der Waals surface area contributed by atoms with Gasteiger partial charge in [0.2, 0.25) is 0 Å². The molecule has 0 fully saturated rings. The Bertz CT molecular complexity index is 208. The highest BCUT2D eigenvalue weighted by Crippen LogP contribution is 2.14. The van der Waals surface area contributed by atoms with E-state index in [1.807, 2.05) is 11.3 Å². The van der Waals surface area contributed by atoms with Gasteiger partial charge in [-0.05, 0) is 25.5 Å². The fourth-order valence-corrected chi connectivity index (χ4v) is 1.51. The molecule has 0 saturated heterocycles. The van der Waals surface area contributed by atoms with Gasteiger partial charge in [0.05, 0.1) is 0 Å². The SMILES string of the molecule is C#C.CCC.CCc1ccc(C)s1. The van der Waals surface area contributed by atoms with Crippen LogP contribution in [0.4, 0.5) is 0 Å². The highest BCUT2D eigenvalue weighted by Gasteiger charge is 1.89. The van der Waals surface area contributed by atoms with Gasteiger partial charge in [0.1, 0.15) is 0 Å². The molecule has 0 nitrogen and oxygen atoms in total. The minimum absolute atomic E-state index is 1.18. The second-order valence-corrected chi connectivity index (χ2v) is 3.95. The molecule has 1 heterocycles. The summed E-state index contributed by atoms with van der Waals surface area (Å²) in [5.41, 5.74) is 0. The number of rotatable bonds is 1. The molecule has 1 aromatic heterocycles. The van der Waals surface area contributed by atoms with E-state index in [-0.39, 0.29) is 0 Å². The van der Waals surface area contributed by atoms with Gasteiger partial charge in [-0.3, -0.25) is 0 Å². The van der Waals surface area contributed by atoms with Crippen LogP contribution in [0.25, 0.3) is 0 Å². The predicted molar refractivity (Wildman–Crippen MR) is 64.3 cm³/mol. The van der Waals surface area contributed by atoms with Crippen molar-refractivity contribution in [2.45, 2.75) is 40.5 Å². The fourth-order valence-electron chi connectivity index (χ4n) is 0.675. The van der Waals surface area contributed by atoms with Crippen molar-refractivity contribution < 1.29 is 0 Å². The van der Waals surface area contributed by atoms with E-state index >= 15 is 0 Å². The standard InChI is InChI=1S/C7H10S.C3H8.C2H2/c1-3-7-5-4-6(2)8-7;1-3-2;1-2/h4-5H,3H2,1-2H3;3H2,1-2H3;1-2H. The van der Waals surface area contributed by atoms with Gasteiger partial charge in [0, 0.05) is 9.75 Å². The van der Waals surface area contributed by atoms with Crippen LogP contribution in [0, 0.1) is 19.8 Å². The number of hydrogen-bond acceptors (Lipinski definition) is 1. The summed E-state index contributed by atoms with van der Waals surface area (Å²) in [5, 5.41) is 0. The lowest BCUT2D eigenvalue weighted by molar-refractivity contribution is 1.09. The molecule has 0 aliphatic rings. The van der Waals surface area contributed by atoms with E-state index < -0.39 is 0 Å². The Hall–Kier alpha value is -0.740. The van der Waals surface area contributed by atoms with E-state index in [4.69, 9.17) is 0 Å².